The van der Waals surface area contributed by atoms with E-state index in [0.717, 1.165) is 29.7 Å². The van der Waals surface area contributed by atoms with Gasteiger partial charge in [0.2, 0.25) is 0 Å². The first kappa shape index (κ1) is 14.8. The molecule has 0 atom stereocenters. The fourth-order valence-electron chi connectivity index (χ4n) is 2.61. The summed E-state index contributed by atoms with van der Waals surface area (Å²) in [6.07, 6.45) is 4.65. The van der Waals surface area contributed by atoms with Crippen molar-refractivity contribution in [3.8, 4) is 0 Å². The van der Waals surface area contributed by atoms with Gasteiger partial charge in [-0.25, -0.2) is 4.98 Å². The molecule has 0 amide bonds. The van der Waals surface area contributed by atoms with Gasteiger partial charge in [0, 0.05) is 23.7 Å². The first-order chi connectivity index (χ1) is 9.56. The Morgan fingerprint density at radius 2 is 1.80 bits per heavy atom. The second kappa shape index (κ2) is 6.21. The van der Waals surface area contributed by atoms with Gasteiger partial charge < -0.3 is 0 Å². The number of rotatable bonds is 5. The van der Waals surface area contributed by atoms with Crippen LogP contribution < -0.4 is 5.56 Å². The quantitative estimate of drug-likeness (QED) is 0.774. The van der Waals surface area contributed by atoms with Crippen LogP contribution in [0.3, 0.4) is 0 Å². The molecule has 2 heterocycles. The van der Waals surface area contributed by atoms with E-state index in [1.807, 2.05) is 17.6 Å². The third kappa shape index (κ3) is 2.77. The first-order valence-corrected chi connectivity index (χ1v) is 7.53. The van der Waals surface area contributed by atoms with Gasteiger partial charge in [-0.1, -0.05) is 26.2 Å². The third-order valence-electron chi connectivity index (χ3n) is 4.17. The molecular weight excluding hydrogens is 248 g/mol. The maximum Gasteiger partial charge on any atom is 0.252 e. The summed E-state index contributed by atoms with van der Waals surface area (Å²) < 4.78 is 1.84. The maximum atomic E-state index is 12.1. The lowest BCUT2D eigenvalue weighted by Crippen LogP contribution is -2.21. The summed E-state index contributed by atoms with van der Waals surface area (Å²) in [6, 6.07) is 3.58. The zero-order chi connectivity index (χ0) is 14.7. The van der Waals surface area contributed by atoms with Gasteiger partial charge in [0.25, 0.3) is 5.56 Å². The molecule has 0 fully saturated rings. The standard InChI is InChI=1S/C17H24N2O/c1-5-6-7-8-11-19-16(20)10-9-15-13(3)12(2)14(4)18-17(15)19/h9-10H,5-8,11H2,1-4H3. The van der Waals surface area contributed by atoms with Gasteiger partial charge in [-0.2, -0.15) is 0 Å². The van der Waals surface area contributed by atoms with Crippen molar-refractivity contribution in [1.82, 2.24) is 9.55 Å². The minimum atomic E-state index is 0.0594. The minimum Gasteiger partial charge on any atom is -0.293 e. The van der Waals surface area contributed by atoms with Crippen LogP contribution in [0.5, 0.6) is 0 Å². The molecule has 2 aromatic heterocycles. The Hall–Kier alpha value is -1.64. The summed E-state index contributed by atoms with van der Waals surface area (Å²) in [6.45, 7) is 9.18. The van der Waals surface area contributed by atoms with Gasteiger partial charge in [-0.15, -0.1) is 0 Å². The van der Waals surface area contributed by atoms with Crippen molar-refractivity contribution in [3.05, 3.63) is 39.3 Å². The number of fused-ring (bicyclic) bond motifs is 1. The van der Waals surface area contributed by atoms with Gasteiger partial charge in [-0.3, -0.25) is 9.36 Å². The molecule has 0 saturated heterocycles. The summed E-state index contributed by atoms with van der Waals surface area (Å²) in [5, 5.41) is 1.10. The minimum absolute atomic E-state index is 0.0594. The number of aromatic nitrogens is 2. The zero-order valence-electron chi connectivity index (χ0n) is 13.0. The Morgan fingerprint density at radius 3 is 2.50 bits per heavy atom. The van der Waals surface area contributed by atoms with Crippen LogP contribution in [0.2, 0.25) is 0 Å². The lowest BCUT2D eigenvalue weighted by atomic mass is 10.1. The van der Waals surface area contributed by atoms with Crippen LogP contribution in [0, 0.1) is 20.8 Å². The van der Waals surface area contributed by atoms with E-state index in [1.165, 1.54) is 30.4 Å². The van der Waals surface area contributed by atoms with Crippen molar-refractivity contribution < 1.29 is 0 Å². The highest BCUT2D eigenvalue weighted by Gasteiger charge is 2.10. The highest BCUT2D eigenvalue weighted by Crippen LogP contribution is 2.21. The number of aryl methyl sites for hydroxylation is 3. The van der Waals surface area contributed by atoms with Crippen LogP contribution in [-0.4, -0.2) is 9.55 Å². The molecule has 20 heavy (non-hydrogen) atoms. The van der Waals surface area contributed by atoms with Crippen LogP contribution in [0.25, 0.3) is 11.0 Å². The van der Waals surface area contributed by atoms with Gasteiger partial charge in [0.05, 0.1) is 0 Å². The molecule has 0 N–H and O–H groups in total. The lowest BCUT2D eigenvalue weighted by molar-refractivity contribution is 0.579. The van der Waals surface area contributed by atoms with Gasteiger partial charge in [-0.05, 0) is 44.4 Å². The van der Waals surface area contributed by atoms with E-state index in [2.05, 4.69) is 25.8 Å². The van der Waals surface area contributed by atoms with Crippen LogP contribution in [-0.2, 0) is 6.54 Å². The Bertz CT molecular complexity index is 671. The third-order valence-corrected chi connectivity index (χ3v) is 4.17. The molecule has 0 aliphatic rings. The molecule has 0 aliphatic heterocycles. The second-order valence-corrected chi connectivity index (χ2v) is 5.57. The highest BCUT2D eigenvalue weighted by atomic mass is 16.1. The number of pyridine rings is 2. The van der Waals surface area contributed by atoms with Crippen molar-refractivity contribution in [2.24, 2.45) is 0 Å². The number of nitrogens with zero attached hydrogens (tertiary/aromatic N) is 2. The van der Waals surface area contributed by atoms with E-state index < -0.39 is 0 Å². The molecule has 0 aliphatic carbocycles. The average Bonchev–Trinajstić information content (AvgIpc) is 2.43. The Morgan fingerprint density at radius 1 is 1.05 bits per heavy atom. The normalized spacial score (nSPS) is 11.2. The fourth-order valence-corrected chi connectivity index (χ4v) is 2.61. The van der Waals surface area contributed by atoms with Crippen LogP contribution in [0.4, 0.5) is 0 Å². The van der Waals surface area contributed by atoms with E-state index >= 15 is 0 Å². The summed E-state index contributed by atoms with van der Waals surface area (Å²) in [5.74, 6) is 0. The molecule has 2 aromatic rings. The van der Waals surface area contributed by atoms with Crippen molar-refractivity contribution in [2.75, 3.05) is 0 Å². The van der Waals surface area contributed by atoms with Crippen LogP contribution in [0.15, 0.2) is 16.9 Å². The zero-order valence-corrected chi connectivity index (χ0v) is 13.0. The number of unbranched alkanes of at least 4 members (excludes halogenated alkanes) is 3. The highest BCUT2D eigenvalue weighted by molar-refractivity contribution is 5.80. The summed E-state index contributed by atoms with van der Waals surface area (Å²) in [7, 11) is 0. The van der Waals surface area contributed by atoms with Gasteiger partial charge in [0.15, 0.2) is 0 Å². The van der Waals surface area contributed by atoms with E-state index in [1.54, 1.807) is 6.07 Å². The van der Waals surface area contributed by atoms with Crippen LogP contribution >= 0.6 is 0 Å². The van der Waals surface area contributed by atoms with Gasteiger partial charge in [0.1, 0.15) is 5.65 Å². The molecule has 2 rings (SSSR count). The molecular formula is C17H24N2O. The molecule has 108 valence electrons. The van der Waals surface area contributed by atoms with Gasteiger partial charge >= 0.3 is 0 Å². The Balaban J connectivity index is 2.47. The molecule has 3 heteroatoms. The fraction of sp³-hybridized carbons (Fsp3) is 0.529. The van der Waals surface area contributed by atoms with E-state index in [4.69, 9.17) is 0 Å². The predicted molar refractivity (Wildman–Crippen MR) is 84.4 cm³/mol. The summed E-state index contributed by atoms with van der Waals surface area (Å²) >= 11 is 0. The summed E-state index contributed by atoms with van der Waals surface area (Å²) in [4.78, 5) is 16.8. The summed E-state index contributed by atoms with van der Waals surface area (Å²) in [5.41, 5.74) is 4.37. The average molecular weight is 272 g/mol. The van der Waals surface area contributed by atoms with E-state index in [9.17, 15) is 4.79 Å². The molecule has 0 aromatic carbocycles. The molecule has 0 unspecified atom stereocenters. The smallest absolute Gasteiger partial charge is 0.252 e. The SMILES string of the molecule is CCCCCCn1c(=O)ccc2c(C)c(C)c(C)nc21. The maximum absolute atomic E-state index is 12.1. The molecule has 0 spiro atoms. The molecule has 0 radical (unpaired) electrons. The van der Waals surface area contributed by atoms with Crippen molar-refractivity contribution in [1.29, 1.82) is 0 Å². The number of hydrogen-bond donors (Lipinski definition) is 0. The van der Waals surface area contributed by atoms with Crippen molar-refractivity contribution in [2.45, 2.75) is 59.9 Å². The largest absolute Gasteiger partial charge is 0.293 e. The van der Waals surface area contributed by atoms with E-state index in [-0.39, 0.29) is 5.56 Å². The topological polar surface area (TPSA) is 34.9 Å². The number of hydrogen-bond acceptors (Lipinski definition) is 2. The van der Waals surface area contributed by atoms with Crippen LogP contribution in [0.1, 0.15) is 49.4 Å². The second-order valence-electron chi connectivity index (χ2n) is 5.57. The van der Waals surface area contributed by atoms with Crippen molar-refractivity contribution >= 4 is 11.0 Å². The predicted octanol–water partition coefficient (Wildman–Crippen LogP) is 3.90. The molecule has 0 saturated carbocycles. The van der Waals surface area contributed by atoms with Crippen molar-refractivity contribution in [3.63, 3.8) is 0 Å². The van der Waals surface area contributed by atoms with E-state index in [0.29, 0.717) is 0 Å². The molecule has 0 bridgehead atoms. The monoisotopic (exact) mass is 272 g/mol. The first-order valence-electron chi connectivity index (χ1n) is 7.53. The Labute approximate surface area is 120 Å². The molecule has 3 nitrogen and oxygen atoms in total. The Kier molecular flexibility index (Phi) is 4.58. The lowest BCUT2D eigenvalue weighted by Gasteiger charge is -2.13.